The highest BCUT2D eigenvalue weighted by atomic mass is 35.5. The highest BCUT2D eigenvalue weighted by Crippen LogP contribution is 2.25. The molecule has 2 rings (SSSR count). The van der Waals surface area contributed by atoms with Crippen molar-refractivity contribution in [2.24, 2.45) is 0 Å². The minimum atomic E-state index is -0.348. The molecule has 2 N–H and O–H groups in total. The van der Waals surface area contributed by atoms with Crippen molar-refractivity contribution in [2.75, 3.05) is 45.2 Å². The summed E-state index contributed by atoms with van der Waals surface area (Å²) in [6, 6.07) is 11.6. The first-order valence-electron chi connectivity index (χ1n) is 9.83. The van der Waals surface area contributed by atoms with Gasteiger partial charge in [0.15, 0.2) is 6.61 Å². The van der Waals surface area contributed by atoms with Gasteiger partial charge in [-0.15, -0.1) is 12.4 Å². The number of ether oxygens (including phenoxy) is 2. The molecule has 0 heterocycles. The van der Waals surface area contributed by atoms with Crippen molar-refractivity contribution in [2.45, 2.75) is 13.8 Å². The van der Waals surface area contributed by atoms with Gasteiger partial charge in [-0.2, -0.15) is 0 Å². The fourth-order valence-corrected chi connectivity index (χ4v) is 2.90. The number of methoxy groups -OCH3 is 1. The molecule has 31 heavy (non-hydrogen) atoms. The van der Waals surface area contributed by atoms with Gasteiger partial charge in [0, 0.05) is 23.7 Å². The van der Waals surface area contributed by atoms with Crippen LogP contribution in [0.15, 0.2) is 42.5 Å². The fraction of sp³-hybridized carbons (Fsp3) is 0.364. The summed E-state index contributed by atoms with van der Waals surface area (Å²) in [4.78, 5) is 26.8. The van der Waals surface area contributed by atoms with Crippen molar-refractivity contribution in [3.05, 3.63) is 53.1 Å². The van der Waals surface area contributed by atoms with Gasteiger partial charge in [0.2, 0.25) is 0 Å². The second-order valence-corrected chi connectivity index (χ2v) is 6.93. The number of nitrogens with zero attached hydrogens (tertiary/aromatic N) is 1. The average Bonchev–Trinajstić information content (AvgIpc) is 2.76. The number of hydrogen-bond donors (Lipinski definition) is 2. The van der Waals surface area contributed by atoms with Gasteiger partial charge >= 0.3 is 0 Å². The van der Waals surface area contributed by atoms with Crippen molar-refractivity contribution >= 4 is 41.5 Å². The molecule has 0 bridgehead atoms. The number of nitrogens with one attached hydrogen (secondary N) is 2. The maximum absolute atomic E-state index is 12.4. The van der Waals surface area contributed by atoms with Crippen LogP contribution in [0, 0.1) is 0 Å². The molecule has 0 aliphatic carbocycles. The van der Waals surface area contributed by atoms with E-state index in [1.165, 1.54) is 7.11 Å². The van der Waals surface area contributed by atoms with E-state index in [9.17, 15) is 9.59 Å². The van der Waals surface area contributed by atoms with Crippen molar-refractivity contribution in [1.29, 1.82) is 0 Å². The van der Waals surface area contributed by atoms with Gasteiger partial charge < -0.3 is 25.0 Å². The maximum atomic E-state index is 12.4. The highest BCUT2D eigenvalue weighted by molar-refractivity contribution is 6.30. The van der Waals surface area contributed by atoms with E-state index in [-0.39, 0.29) is 30.8 Å². The van der Waals surface area contributed by atoms with E-state index in [1.807, 2.05) is 0 Å². The van der Waals surface area contributed by atoms with Crippen LogP contribution in [0.5, 0.6) is 11.5 Å². The van der Waals surface area contributed by atoms with E-state index < -0.39 is 0 Å². The van der Waals surface area contributed by atoms with Crippen molar-refractivity contribution in [1.82, 2.24) is 10.2 Å². The second-order valence-electron chi connectivity index (χ2n) is 6.49. The number of rotatable bonds is 11. The molecule has 0 aliphatic heterocycles. The Kier molecular flexibility index (Phi) is 11.8. The number of anilines is 1. The molecule has 0 aromatic heterocycles. The molecule has 0 radical (unpaired) electrons. The third kappa shape index (κ3) is 8.65. The summed E-state index contributed by atoms with van der Waals surface area (Å²) in [5.74, 6) is 0.397. The predicted molar refractivity (Wildman–Crippen MR) is 126 cm³/mol. The standard InChI is InChI=1S/C22H28ClN3O4.ClH/c1-4-26(5-2)13-12-24-22(28)16-6-11-19(20(14-16)29-3)25-21(27)15-30-18-9-7-17(23)8-10-18;/h6-11,14H,4-5,12-13,15H2,1-3H3,(H,24,28)(H,25,27);1H. The van der Waals surface area contributed by atoms with Crippen molar-refractivity contribution < 1.29 is 19.1 Å². The number of likely N-dealkylation sites (N-methyl/N-ethyl adjacent to an activating group) is 1. The Bertz CT molecular complexity index is 843. The largest absolute Gasteiger partial charge is 0.495 e. The lowest BCUT2D eigenvalue weighted by atomic mass is 10.1. The van der Waals surface area contributed by atoms with Gasteiger partial charge in [0.25, 0.3) is 11.8 Å². The molecule has 0 fully saturated rings. The molecule has 2 aromatic carbocycles. The Labute approximate surface area is 194 Å². The molecule has 7 nitrogen and oxygen atoms in total. The number of hydrogen-bond acceptors (Lipinski definition) is 5. The van der Waals surface area contributed by atoms with E-state index >= 15 is 0 Å². The van der Waals surface area contributed by atoms with Gasteiger partial charge in [-0.25, -0.2) is 0 Å². The minimum absolute atomic E-state index is 0. The molecule has 0 atom stereocenters. The average molecular weight is 470 g/mol. The SMILES string of the molecule is CCN(CC)CCNC(=O)c1ccc(NC(=O)COc2ccc(Cl)cc2)c(OC)c1.Cl. The molecule has 2 aromatic rings. The lowest BCUT2D eigenvalue weighted by Gasteiger charge is -2.18. The summed E-state index contributed by atoms with van der Waals surface area (Å²) < 4.78 is 10.8. The lowest BCUT2D eigenvalue weighted by Crippen LogP contribution is -2.34. The van der Waals surface area contributed by atoms with Crippen LogP contribution in [0.25, 0.3) is 0 Å². The topological polar surface area (TPSA) is 79.9 Å². The fourth-order valence-electron chi connectivity index (χ4n) is 2.77. The summed E-state index contributed by atoms with van der Waals surface area (Å²) in [7, 11) is 1.48. The Hall–Kier alpha value is -2.48. The third-order valence-electron chi connectivity index (χ3n) is 4.53. The maximum Gasteiger partial charge on any atom is 0.262 e. The number of halogens is 2. The van der Waals surface area contributed by atoms with Gasteiger partial charge in [0.1, 0.15) is 11.5 Å². The number of carbonyl (C=O) groups is 2. The second kappa shape index (κ2) is 13.7. The molecule has 0 saturated carbocycles. The molecule has 170 valence electrons. The monoisotopic (exact) mass is 469 g/mol. The van der Waals surface area contributed by atoms with Crippen LogP contribution in [-0.2, 0) is 4.79 Å². The molecule has 0 spiro atoms. The van der Waals surface area contributed by atoms with E-state index in [0.29, 0.717) is 34.3 Å². The number of carbonyl (C=O) groups excluding carboxylic acids is 2. The van der Waals surface area contributed by atoms with E-state index in [2.05, 4.69) is 29.4 Å². The first-order chi connectivity index (χ1) is 14.5. The third-order valence-corrected chi connectivity index (χ3v) is 4.78. The van der Waals surface area contributed by atoms with E-state index in [0.717, 1.165) is 19.6 Å². The zero-order valence-corrected chi connectivity index (χ0v) is 19.5. The first-order valence-corrected chi connectivity index (χ1v) is 10.2. The Balaban J connectivity index is 0.00000480. The molecule has 0 aliphatic rings. The number of amides is 2. The highest BCUT2D eigenvalue weighted by Gasteiger charge is 2.13. The normalized spacial score (nSPS) is 10.2. The summed E-state index contributed by atoms with van der Waals surface area (Å²) in [5.41, 5.74) is 0.920. The quantitative estimate of drug-likeness (QED) is 0.522. The van der Waals surface area contributed by atoms with Crippen LogP contribution < -0.4 is 20.1 Å². The smallest absolute Gasteiger partial charge is 0.262 e. The van der Waals surface area contributed by atoms with Crippen LogP contribution >= 0.6 is 24.0 Å². The Morgan fingerprint density at radius 3 is 2.35 bits per heavy atom. The van der Waals surface area contributed by atoms with Crippen LogP contribution in [0.4, 0.5) is 5.69 Å². The van der Waals surface area contributed by atoms with Gasteiger partial charge in [-0.3, -0.25) is 9.59 Å². The summed E-state index contributed by atoms with van der Waals surface area (Å²) in [5, 5.41) is 6.22. The minimum Gasteiger partial charge on any atom is -0.495 e. The summed E-state index contributed by atoms with van der Waals surface area (Å²) in [6.07, 6.45) is 0. The zero-order valence-electron chi connectivity index (χ0n) is 17.9. The van der Waals surface area contributed by atoms with Crippen LogP contribution in [-0.4, -0.2) is 56.6 Å². The Morgan fingerprint density at radius 1 is 1.06 bits per heavy atom. The first kappa shape index (κ1) is 26.6. The van der Waals surface area contributed by atoms with Crippen molar-refractivity contribution in [3.63, 3.8) is 0 Å². The summed E-state index contributed by atoms with van der Waals surface area (Å²) in [6.45, 7) is 7.24. The van der Waals surface area contributed by atoms with E-state index in [1.54, 1.807) is 42.5 Å². The Morgan fingerprint density at radius 2 is 1.74 bits per heavy atom. The van der Waals surface area contributed by atoms with Crippen molar-refractivity contribution in [3.8, 4) is 11.5 Å². The van der Waals surface area contributed by atoms with E-state index in [4.69, 9.17) is 21.1 Å². The van der Waals surface area contributed by atoms with Crippen LogP contribution in [0.3, 0.4) is 0 Å². The van der Waals surface area contributed by atoms with Gasteiger partial charge in [-0.05, 0) is 55.6 Å². The van der Waals surface area contributed by atoms with Gasteiger partial charge in [0.05, 0.1) is 12.8 Å². The molecule has 0 unspecified atom stereocenters. The molecular weight excluding hydrogens is 441 g/mol. The molecule has 2 amide bonds. The van der Waals surface area contributed by atoms with Crippen LogP contribution in [0.1, 0.15) is 24.2 Å². The van der Waals surface area contributed by atoms with Gasteiger partial charge in [-0.1, -0.05) is 25.4 Å². The zero-order chi connectivity index (χ0) is 21.9. The number of benzene rings is 2. The van der Waals surface area contributed by atoms with Crippen LogP contribution in [0.2, 0.25) is 5.02 Å². The molecule has 9 heteroatoms. The molecule has 0 saturated heterocycles. The summed E-state index contributed by atoms with van der Waals surface area (Å²) >= 11 is 5.83. The lowest BCUT2D eigenvalue weighted by molar-refractivity contribution is -0.118. The predicted octanol–water partition coefficient (Wildman–Crippen LogP) is 3.86. The molecular formula is C22H29Cl2N3O4.